The molecule has 0 atom stereocenters. The van der Waals surface area contributed by atoms with Gasteiger partial charge in [-0.3, -0.25) is 0 Å². The Labute approximate surface area is 60.0 Å². The van der Waals surface area contributed by atoms with Crippen LogP contribution < -0.4 is 0 Å². The van der Waals surface area contributed by atoms with Gasteiger partial charge in [0.1, 0.15) is 0 Å². The topological polar surface area (TPSA) is 0 Å². The summed E-state index contributed by atoms with van der Waals surface area (Å²) in [5, 5.41) is 0. The first-order valence-corrected chi connectivity index (χ1v) is 13.4. The number of hydrogen-bond donors (Lipinski definition) is 0. The van der Waals surface area contributed by atoms with E-state index in [1.54, 1.807) is 0 Å². The first kappa shape index (κ1) is 8.46. The van der Waals surface area contributed by atoms with Gasteiger partial charge in [-0.2, -0.15) is 0 Å². The van der Waals surface area contributed by atoms with Crippen molar-refractivity contribution in [1.29, 1.82) is 0 Å². The van der Waals surface area contributed by atoms with Crippen LogP contribution in [0.2, 0.25) is 4.13 Å². The van der Waals surface area contributed by atoms with Crippen molar-refractivity contribution in [2.45, 2.75) is 23.9 Å². The van der Waals surface area contributed by atoms with Crippen LogP contribution in [0.3, 0.4) is 0 Å². The maximum absolute atomic E-state index is 5.63. The third kappa shape index (κ3) is 7.46. The normalized spacial score (nSPS) is 10.3. The molecule has 0 amide bonds. The molecule has 3 heteroatoms. The van der Waals surface area contributed by atoms with E-state index >= 15 is 0 Å². The third-order valence-electron chi connectivity index (χ3n) is 0.681. The predicted molar refractivity (Wildman–Crippen MR) is 37.2 cm³/mol. The van der Waals surface area contributed by atoms with Crippen LogP contribution in [0.15, 0.2) is 0 Å². The molecule has 0 N–H and O–H groups in total. The number of rotatable bonds is 3. The Hall–Kier alpha value is 1.46. The molecule has 0 saturated carbocycles. The van der Waals surface area contributed by atoms with Crippen molar-refractivity contribution < 1.29 is 0 Å². The molecule has 0 radical (unpaired) electrons. The SMILES string of the molecule is CCC[CH2][Bi]([Cl])[Cl]. The van der Waals surface area contributed by atoms with Crippen molar-refractivity contribution in [2.75, 3.05) is 0 Å². The molecule has 0 aromatic carbocycles. The van der Waals surface area contributed by atoms with E-state index in [4.69, 9.17) is 17.0 Å². The van der Waals surface area contributed by atoms with E-state index in [0.717, 1.165) is 4.13 Å². The molecular weight excluding hydrogens is 328 g/mol. The van der Waals surface area contributed by atoms with Crippen LogP contribution >= 0.6 is 17.0 Å². The molecule has 0 rings (SSSR count). The van der Waals surface area contributed by atoms with Crippen molar-refractivity contribution in [3.05, 3.63) is 0 Å². The van der Waals surface area contributed by atoms with Gasteiger partial charge in [0, 0.05) is 0 Å². The Bertz CT molecular complexity index is 38.7. The minimum absolute atomic E-state index is 1.13. The van der Waals surface area contributed by atoms with Crippen molar-refractivity contribution in [3.63, 3.8) is 0 Å². The zero-order chi connectivity index (χ0) is 5.70. The quantitative estimate of drug-likeness (QED) is 0.695. The first-order chi connectivity index (χ1) is 3.27. The fraction of sp³-hybridized carbons (Fsp3) is 1.00. The molecule has 0 saturated heterocycles. The van der Waals surface area contributed by atoms with Crippen LogP contribution in [0, 0.1) is 0 Å². The molecule has 0 aliphatic heterocycles. The van der Waals surface area contributed by atoms with Crippen LogP contribution in [-0.2, 0) is 0 Å². The maximum atomic E-state index is 5.63. The fourth-order valence-corrected chi connectivity index (χ4v) is 4.53. The van der Waals surface area contributed by atoms with Crippen LogP contribution in [0.4, 0.5) is 0 Å². The number of unbranched alkanes of at least 4 members (excludes halogenated alkanes) is 1. The second-order valence-electron chi connectivity index (χ2n) is 1.38. The van der Waals surface area contributed by atoms with Gasteiger partial charge in [-0.25, -0.2) is 0 Å². The fourth-order valence-electron chi connectivity index (χ4n) is 0.278. The Balaban J connectivity index is 2.68. The van der Waals surface area contributed by atoms with Gasteiger partial charge in [-0.1, -0.05) is 0 Å². The molecular formula is C4H9BiCl2. The molecule has 0 aromatic heterocycles. The average Bonchev–Trinajstić information content (AvgIpc) is 1.61. The molecule has 0 bridgehead atoms. The van der Waals surface area contributed by atoms with Gasteiger partial charge in [0.15, 0.2) is 0 Å². The summed E-state index contributed by atoms with van der Waals surface area (Å²) in [6.45, 7) is 2.15. The van der Waals surface area contributed by atoms with Crippen molar-refractivity contribution >= 4 is 36.4 Å². The molecule has 0 spiro atoms. The molecule has 0 aromatic rings. The molecule has 0 nitrogen and oxygen atoms in total. The van der Waals surface area contributed by atoms with Crippen molar-refractivity contribution in [1.82, 2.24) is 0 Å². The summed E-state index contributed by atoms with van der Waals surface area (Å²) >= 11 is -1.75. The second kappa shape index (κ2) is 5.60. The third-order valence-corrected chi connectivity index (χ3v) is 6.19. The zero-order valence-corrected chi connectivity index (χ0v) is 9.31. The summed E-state index contributed by atoms with van der Waals surface area (Å²) in [7, 11) is 11.3. The second-order valence-corrected chi connectivity index (χ2v) is 14.2. The van der Waals surface area contributed by atoms with E-state index < -0.39 is 19.4 Å². The Kier molecular flexibility index (Phi) is 6.77. The summed E-state index contributed by atoms with van der Waals surface area (Å²) < 4.78 is 1.13. The summed E-state index contributed by atoms with van der Waals surface area (Å²) in [5.74, 6) is 0. The Morgan fingerprint density at radius 3 is 2.14 bits per heavy atom. The standard InChI is InChI=1S/C4H9.Bi.2ClH/c1-3-4-2;;;/h1,3-4H2,2H3;;2*1H/q;+2;;/p-2. The molecule has 0 fully saturated rings. The Morgan fingerprint density at radius 1 is 1.43 bits per heavy atom. The van der Waals surface area contributed by atoms with Gasteiger partial charge in [0.2, 0.25) is 0 Å². The predicted octanol–water partition coefficient (Wildman–Crippen LogP) is 2.75. The van der Waals surface area contributed by atoms with E-state index in [1.165, 1.54) is 12.8 Å². The molecule has 0 aliphatic carbocycles. The summed E-state index contributed by atoms with van der Waals surface area (Å²) in [4.78, 5) is 0. The molecule has 0 aliphatic rings. The zero-order valence-electron chi connectivity index (χ0n) is 4.32. The summed E-state index contributed by atoms with van der Waals surface area (Å²) in [6, 6.07) is 0. The number of hydrogen-bond acceptors (Lipinski definition) is 0. The van der Waals surface area contributed by atoms with E-state index in [-0.39, 0.29) is 0 Å². The van der Waals surface area contributed by atoms with Gasteiger partial charge in [-0.15, -0.1) is 0 Å². The van der Waals surface area contributed by atoms with Crippen LogP contribution in [0.1, 0.15) is 19.8 Å². The minimum atomic E-state index is -1.75. The molecule has 7 heavy (non-hydrogen) atoms. The number of halogens is 2. The summed E-state index contributed by atoms with van der Waals surface area (Å²) in [6.07, 6.45) is 2.45. The van der Waals surface area contributed by atoms with Gasteiger partial charge >= 0.3 is 60.3 Å². The van der Waals surface area contributed by atoms with E-state index in [9.17, 15) is 0 Å². The van der Waals surface area contributed by atoms with Crippen LogP contribution in [0.25, 0.3) is 0 Å². The van der Waals surface area contributed by atoms with Gasteiger partial charge in [0.05, 0.1) is 0 Å². The van der Waals surface area contributed by atoms with Crippen LogP contribution in [-0.4, -0.2) is 19.4 Å². The van der Waals surface area contributed by atoms with Crippen LogP contribution in [0.5, 0.6) is 0 Å². The average molecular weight is 337 g/mol. The first-order valence-electron chi connectivity index (χ1n) is 2.36. The molecule has 0 unspecified atom stereocenters. The summed E-state index contributed by atoms with van der Waals surface area (Å²) in [5.41, 5.74) is 0. The Morgan fingerprint density at radius 2 is 2.00 bits per heavy atom. The van der Waals surface area contributed by atoms with E-state index in [2.05, 4.69) is 6.92 Å². The molecule has 0 heterocycles. The van der Waals surface area contributed by atoms with E-state index in [0.29, 0.717) is 0 Å². The monoisotopic (exact) mass is 336 g/mol. The van der Waals surface area contributed by atoms with Crippen molar-refractivity contribution in [2.24, 2.45) is 0 Å². The van der Waals surface area contributed by atoms with Gasteiger partial charge in [0.25, 0.3) is 0 Å². The van der Waals surface area contributed by atoms with Gasteiger partial charge in [-0.05, 0) is 0 Å². The molecule has 44 valence electrons. The van der Waals surface area contributed by atoms with Gasteiger partial charge < -0.3 is 0 Å². The van der Waals surface area contributed by atoms with Crippen molar-refractivity contribution in [3.8, 4) is 0 Å². The van der Waals surface area contributed by atoms with E-state index in [1.807, 2.05) is 0 Å².